The number of carboxylic acids is 1. The molecule has 1 amide bonds. The van der Waals surface area contributed by atoms with Gasteiger partial charge < -0.3 is 10.0 Å². The van der Waals surface area contributed by atoms with Crippen molar-refractivity contribution in [3.05, 3.63) is 35.6 Å². The number of nitrogens with zero attached hydrogens (tertiary/aromatic N) is 1. The van der Waals surface area contributed by atoms with Crippen LogP contribution in [-0.4, -0.2) is 34.0 Å². The van der Waals surface area contributed by atoms with Crippen molar-refractivity contribution in [2.75, 3.05) is 0 Å². The first-order chi connectivity index (χ1) is 11.5. The van der Waals surface area contributed by atoms with E-state index in [1.54, 1.807) is 17.0 Å². The van der Waals surface area contributed by atoms with Crippen molar-refractivity contribution in [2.45, 2.75) is 57.5 Å². The lowest BCUT2D eigenvalue weighted by atomic mass is 9.84. The zero-order valence-electron chi connectivity index (χ0n) is 14.0. The Bertz CT molecular complexity index is 633. The monoisotopic (exact) mass is 333 g/mol. The second kappa shape index (κ2) is 6.91. The fourth-order valence-electron chi connectivity index (χ4n) is 4.36. The maximum atomic E-state index is 13.3. The summed E-state index contributed by atoms with van der Waals surface area (Å²) in [7, 11) is 0. The molecule has 4 unspecified atom stereocenters. The molecule has 0 aromatic heterocycles. The molecule has 1 heterocycles. The molecule has 1 aliphatic heterocycles. The smallest absolute Gasteiger partial charge is 0.326 e. The lowest BCUT2D eigenvalue weighted by Gasteiger charge is -2.34. The molecular formula is C19H24FNO3. The second-order valence-electron chi connectivity index (χ2n) is 7.18. The van der Waals surface area contributed by atoms with E-state index in [1.807, 2.05) is 6.92 Å². The average molecular weight is 333 g/mol. The van der Waals surface area contributed by atoms with E-state index in [1.165, 1.54) is 12.1 Å². The van der Waals surface area contributed by atoms with Crippen molar-refractivity contribution in [1.82, 2.24) is 4.90 Å². The van der Waals surface area contributed by atoms with Crippen LogP contribution in [0.5, 0.6) is 0 Å². The number of hydrogen-bond donors (Lipinski definition) is 1. The fraction of sp³-hybridized carbons (Fsp3) is 0.579. The number of aliphatic carboxylic acids is 1. The molecule has 24 heavy (non-hydrogen) atoms. The van der Waals surface area contributed by atoms with E-state index >= 15 is 0 Å². The van der Waals surface area contributed by atoms with Gasteiger partial charge in [0.25, 0.3) is 0 Å². The third-order valence-corrected chi connectivity index (χ3v) is 5.48. The first kappa shape index (κ1) is 16.9. The molecule has 1 saturated heterocycles. The highest BCUT2D eigenvalue weighted by Crippen LogP contribution is 2.40. The summed E-state index contributed by atoms with van der Waals surface area (Å²) in [5.74, 6) is -1.37. The standard InChI is InChI=1S/C19H24FNO3/c1-12(9-13-5-4-7-15(20)10-13)18(22)21-16-8-3-2-6-14(16)11-17(21)19(23)24/h4-5,7,10,12,14,16-17H,2-3,6,8-9,11H2,1H3,(H,23,24). The van der Waals surface area contributed by atoms with E-state index < -0.39 is 12.0 Å². The Morgan fingerprint density at radius 2 is 2.08 bits per heavy atom. The molecule has 1 N–H and O–H groups in total. The van der Waals surface area contributed by atoms with Gasteiger partial charge >= 0.3 is 5.97 Å². The number of carbonyl (C=O) groups excluding carboxylic acids is 1. The highest BCUT2D eigenvalue weighted by atomic mass is 19.1. The lowest BCUT2D eigenvalue weighted by Crippen LogP contribution is -2.48. The summed E-state index contributed by atoms with van der Waals surface area (Å²) in [6.07, 6.45) is 5.07. The van der Waals surface area contributed by atoms with Crippen molar-refractivity contribution in [2.24, 2.45) is 11.8 Å². The van der Waals surface area contributed by atoms with Crippen molar-refractivity contribution >= 4 is 11.9 Å². The van der Waals surface area contributed by atoms with Gasteiger partial charge in [-0.3, -0.25) is 4.79 Å². The topological polar surface area (TPSA) is 57.6 Å². The van der Waals surface area contributed by atoms with E-state index in [2.05, 4.69) is 0 Å². The summed E-state index contributed by atoms with van der Waals surface area (Å²) in [5.41, 5.74) is 0.766. The highest BCUT2D eigenvalue weighted by Gasteiger charge is 2.48. The molecule has 1 aliphatic carbocycles. The Hall–Kier alpha value is -1.91. The maximum Gasteiger partial charge on any atom is 0.326 e. The number of carbonyl (C=O) groups is 2. The predicted molar refractivity (Wildman–Crippen MR) is 87.9 cm³/mol. The van der Waals surface area contributed by atoms with Crippen LogP contribution in [0.1, 0.15) is 44.6 Å². The van der Waals surface area contributed by atoms with Crippen molar-refractivity contribution in [1.29, 1.82) is 0 Å². The Balaban J connectivity index is 1.76. The number of likely N-dealkylation sites (tertiary alicyclic amines) is 1. The van der Waals surface area contributed by atoms with E-state index in [0.717, 1.165) is 31.2 Å². The van der Waals surface area contributed by atoms with Crippen molar-refractivity contribution in [3.8, 4) is 0 Å². The van der Waals surface area contributed by atoms with Crippen LogP contribution in [0.15, 0.2) is 24.3 Å². The molecule has 0 bridgehead atoms. The molecule has 130 valence electrons. The van der Waals surface area contributed by atoms with Crippen LogP contribution < -0.4 is 0 Å². The molecule has 4 atom stereocenters. The lowest BCUT2D eigenvalue weighted by molar-refractivity contribution is -0.151. The van der Waals surface area contributed by atoms with Gasteiger partial charge in [0.1, 0.15) is 11.9 Å². The molecule has 2 aliphatic rings. The molecule has 4 nitrogen and oxygen atoms in total. The SMILES string of the molecule is CC(Cc1cccc(F)c1)C(=O)N1C(C(=O)O)CC2CCCCC21. The van der Waals surface area contributed by atoms with Crippen LogP contribution in [0.3, 0.4) is 0 Å². The average Bonchev–Trinajstić information content (AvgIpc) is 2.94. The fourth-order valence-corrected chi connectivity index (χ4v) is 4.36. The summed E-state index contributed by atoms with van der Waals surface area (Å²) in [6.45, 7) is 1.81. The number of benzene rings is 1. The van der Waals surface area contributed by atoms with E-state index in [4.69, 9.17) is 0 Å². The largest absolute Gasteiger partial charge is 0.480 e. The summed E-state index contributed by atoms with van der Waals surface area (Å²) in [4.78, 5) is 26.3. The van der Waals surface area contributed by atoms with Gasteiger partial charge in [0.15, 0.2) is 0 Å². The first-order valence-corrected chi connectivity index (χ1v) is 8.77. The molecule has 1 aromatic rings. The number of rotatable bonds is 4. The molecule has 0 spiro atoms. The number of hydrogen-bond acceptors (Lipinski definition) is 2. The Labute approximate surface area is 141 Å². The van der Waals surface area contributed by atoms with E-state index in [0.29, 0.717) is 18.8 Å². The first-order valence-electron chi connectivity index (χ1n) is 8.77. The Morgan fingerprint density at radius 1 is 1.33 bits per heavy atom. The Morgan fingerprint density at radius 3 is 2.79 bits per heavy atom. The van der Waals surface area contributed by atoms with E-state index in [9.17, 15) is 19.1 Å². The van der Waals surface area contributed by atoms with Crippen LogP contribution in [0.4, 0.5) is 4.39 Å². The van der Waals surface area contributed by atoms with Gasteiger partial charge in [0.2, 0.25) is 5.91 Å². The molecule has 1 aromatic carbocycles. The summed E-state index contributed by atoms with van der Waals surface area (Å²) >= 11 is 0. The molecule has 5 heteroatoms. The normalized spacial score (nSPS) is 27.6. The highest BCUT2D eigenvalue weighted by molar-refractivity contribution is 5.86. The van der Waals surface area contributed by atoms with Gasteiger partial charge in [-0.15, -0.1) is 0 Å². The van der Waals surface area contributed by atoms with Gasteiger partial charge in [0, 0.05) is 12.0 Å². The van der Waals surface area contributed by atoms with E-state index in [-0.39, 0.29) is 23.7 Å². The van der Waals surface area contributed by atoms with Crippen LogP contribution in [0.25, 0.3) is 0 Å². The maximum absolute atomic E-state index is 13.3. The second-order valence-corrected chi connectivity index (χ2v) is 7.18. The summed E-state index contributed by atoms with van der Waals surface area (Å²) < 4.78 is 13.3. The number of halogens is 1. The van der Waals surface area contributed by atoms with Crippen LogP contribution in [-0.2, 0) is 16.0 Å². The van der Waals surface area contributed by atoms with Gasteiger partial charge in [-0.1, -0.05) is 31.9 Å². The third kappa shape index (κ3) is 3.30. The molecule has 1 saturated carbocycles. The molecular weight excluding hydrogens is 309 g/mol. The zero-order chi connectivity index (χ0) is 17.3. The number of amides is 1. The van der Waals surface area contributed by atoms with Gasteiger partial charge in [-0.05, 0) is 49.3 Å². The summed E-state index contributed by atoms with van der Waals surface area (Å²) in [5, 5.41) is 9.54. The third-order valence-electron chi connectivity index (χ3n) is 5.48. The number of carboxylic acid groups (broad SMARTS) is 1. The zero-order valence-corrected chi connectivity index (χ0v) is 14.0. The number of fused-ring (bicyclic) bond motifs is 1. The summed E-state index contributed by atoms with van der Waals surface area (Å²) in [6, 6.07) is 5.60. The van der Waals surface area contributed by atoms with Gasteiger partial charge in [-0.2, -0.15) is 0 Å². The van der Waals surface area contributed by atoms with Gasteiger partial charge in [0.05, 0.1) is 0 Å². The minimum Gasteiger partial charge on any atom is -0.480 e. The van der Waals surface area contributed by atoms with Gasteiger partial charge in [-0.25, -0.2) is 9.18 Å². The predicted octanol–water partition coefficient (Wildman–Crippen LogP) is 3.25. The molecule has 2 fully saturated rings. The van der Waals surface area contributed by atoms with Crippen LogP contribution in [0.2, 0.25) is 0 Å². The molecule has 3 rings (SSSR count). The quantitative estimate of drug-likeness (QED) is 0.920. The Kier molecular flexibility index (Phi) is 4.88. The molecule has 0 radical (unpaired) electrons. The van der Waals surface area contributed by atoms with Crippen LogP contribution >= 0.6 is 0 Å². The minimum absolute atomic E-state index is 0.0577. The van der Waals surface area contributed by atoms with Crippen LogP contribution in [0, 0.1) is 17.7 Å². The van der Waals surface area contributed by atoms with Crippen molar-refractivity contribution in [3.63, 3.8) is 0 Å². The van der Waals surface area contributed by atoms with Crippen molar-refractivity contribution < 1.29 is 19.1 Å². The minimum atomic E-state index is -0.907.